The van der Waals surface area contributed by atoms with Gasteiger partial charge < -0.3 is 15.8 Å². The van der Waals surface area contributed by atoms with E-state index >= 15 is 0 Å². The number of benzene rings is 1. The number of nitrogens with zero attached hydrogens (tertiary/aromatic N) is 1. The van der Waals surface area contributed by atoms with Crippen molar-refractivity contribution in [2.75, 3.05) is 26.8 Å². The van der Waals surface area contributed by atoms with Crippen molar-refractivity contribution in [1.82, 2.24) is 5.32 Å². The van der Waals surface area contributed by atoms with Crippen molar-refractivity contribution in [2.24, 2.45) is 10.7 Å². The van der Waals surface area contributed by atoms with E-state index in [4.69, 9.17) is 33.7 Å². The molecule has 120 valence electrons. The number of ether oxygens (including phenoxy) is 1. The molecule has 1 rings (SSSR count). The Labute approximate surface area is 153 Å². The zero-order valence-electron chi connectivity index (χ0n) is 12.5. The number of nitrogens with one attached hydrogen (secondary N) is 1. The Balaban J connectivity index is 0.00000400. The van der Waals surface area contributed by atoms with E-state index in [2.05, 4.69) is 10.3 Å². The molecule has 0 bridgehead atoms. The van der Waals surface area contributed by atoms with Crippen molar-refractivity contribution in [2.45, 2.75) is 19.3 Å². The molecule has 3 N–H and O–H groups in total. The Morgan fingerprint density at radius 3 is 2.43 bits per heavy atom. The highest BCUT2D eigenvalue weighted by atomic mass is 127. The van der Waals surface area contributed by atoms with Gasteiger partial charge in [-0.15, -0.1) is 24.0 Å². The summed E-state index contributed by atoms with van der Waals surface area (Å²) in [6.45, 7) is 5.76. The molecule has 0 atom stereocenters. The van der Waals surface area contributed by atoms with Gasteiger partial charge in [-0.3, -0.25) is 4.99 Å². The number of hydrogen-bond acceptors (Lipinski definition) is 2. The minimum Gasteiger partial charge on any atom is -0.383 e. The van der Waals surface area contributed by atoms with Crippen molar-refractivity contribution in [3.8, 4) is 0 Å². The maximum absolute atomic E-state index is 6.24. The fourth-order valence-electron chi connectivity index (χ4n) is 1.84. The first-order valence-electron chi connectivity index (χ1n) is 6.35. The summed E-state index contributed by atoms with van der Waals surface area (Å²) in [6.07, 6.45) is 0. The van der Waals surface area contributed by atoms with Crippen LogP contribution in [0.4, 0.5) is 0 Å². The number of methoxy groups -OCH3 is 1. The van der Waals surface area contributed by atoms with Crippen LogP contribution in [-0.2, 0) is 10.2 Å². The Hall–Kier alpha value is -0.240. The van der Waals surface area contributed by atoms with Crippen molar-refractivity contribution < 1.29 is 4.74 Å². The highest BCUT2D eigenvalue weighted by Crippen LogP contribution is 2.35. The average Bonchev–Trinajstić information content (AvgIpc) is 2.36. The van der Waals surface area contributed by atoms with Gasteiger partial charge >= 0.3 is 0 Å². The van der Waals surface area contributed by atoms with Gasteiger partial charge in [0.1, 0.15) is 0 Å². The molecule has 4 nitrogen and oxygen atoms in total. The van der Waals surface area contributed by atoms with Crippen LogP contribution in [0.2, 0.25) is 10.0 Å². The molecule has 0 amide bonds. The summed E-state index contributed by atoms with van der Waals surface area (Å²) in [6, 6.07) is 5.48. The lowest BCUT2D eigenvalue weighted by Gasteiger charge is -2.25. The van der Waals surface area contributed by atoms with Gasteiger partial charge in [0.15, 0.2) is 5.96 Å². The first-order valence-corrected chi connectivity index (χ1v) is 7.11. The quantitative estimate of drug-likeness (QED) is 0.305. The molecule has 0 fully saturated rings. The van der Waals surface area contributed by atoms with Crippen LogP contribution in [0.3, 0.4) is 0 Å². The van der Waals surface area contributed by atoms with Gasteiger partial charge in [0.2, 0.25) is 0 Å². The third-order valence-electron chi connectivity index (χ3n) is 2.90. The first-order chi connectivity index (χ1) is 9.38. The molecule has 0 aliphatic heterocycles. The van der Waals surface area contributed by atoms with Gasteiger partial charge in [0.25, 0.3) is 0 Å². The second-order valence-electron chi connectivity index (χ2n) is 5.10. The third-order valence-corrected chi connectivity index (χ3v) is 3.53. The Bertz CT molecular complexity index is 461. The molecular weight excluding hydrogens is 424 g/mol. The molecule has 7 heteroatoms. The van der Waals surface area contributed by atoms with Crippen molar-refractivity contribution in [3.05, 3.63) is 33.8 Å². The van der Waals surface area contributed by atoms with Gasteiger partial charge in [-0.25, -0.2) is 0 Å². The normalized spacial score (nSPS) is 12.0. The minimum atomic E-state index is -0.303. The number of guanidine groups is 1. The molecule has 0 saturated carbocycles. The second kappa shape index (κ2) is 9.71. The number of hydrogen-bond donors (Lipinski definition) is 2. The molecule has 0 radical (unpaired) electrons. The number of halogens is 3. The zero-order valence-corrected chi connectivity index (χ0v) is 16.3. The van der Waals surface area contributed by atoms with E-state index in [1.165, 1.54) is 0 Å². The van der Waals surface area contributed by atoms with Crippen LogP contribution in [0, 0.1) is 0 Å². The van der Waals surface area contributed by atoms with Crippen LogP contribution < -0.4 is 11.1 Å². The fraction of sp³-hybridized carbons (Fsp3) is 0.500. The Kier molecular flexibility index (Phi) is 9.60. The summed E-state index contributed by atoms with van der Waals surface area (Å²) in [5.74, 6) is 0.387. The van der Waals surface area contributed by atoms with Crippen LogP contribution >= 0.6 is 47.2 Å². The molecule has 0 saturated heterocycles. The van der Waals surface area contributed by atoms with Crippen LogP contribution in [0.25, 0.3) is 0 Å². The molecule has 0 unspecified atom stereocenters. The fourth-order valence-corrected chi connectivity index (χ4v) is 2.75. The first kappa shape index (κ1) is 20.8. The van der Waals surface area contributed by atoms with E-state index in [1.54, 1.807) is 7.11 Å². The Morgan fingerprint density at radius 1 is 1.33 bits per heavy atom. The lowest BCUT2D eigenvalue weighted by Crippen LogP contribution is -2.35. The molecule has 0 spiro atoms. The van der Waals surface area contributed by atoms with Gasteiger partial charge in [-0.05, 0) is 17.7 Å². The maximum atomic E-state index is 6.24. The van der Waals surface area contributed by atoms with E-state index in [-0.39, 0.29) is 29.4 Å². The van der Waals surface area contributed by atoms with E-state index in [0.717, 1.165) is 5.56 Å². The molecule has 1 aromatic rings. The summed E-state index contributed by atoms with van der Waals surface area (Å²) in [7, 11) is 1.64. The summed E-state index contributed by atoms with van der Waals surface area (Å²) in [4.78, 5) is 4.34. The molecular formula is C14H22Cl2IN3O. The molecule has 0 aromatic heterocycles. The molecule has 21 heavy (non-hydrogen) atoms. The smallest absolute Gasteiger partial charge is 0.188 e. The highest BCUT2D eigenvalue weighted by molar-refractivity contribution is 14.0. The summed E-state index contributed by atoms with van der Waals surface area (Å²) in [5, 5.41) is 4.26. The van der Waals surface area contributed by atoms with E-state index in [0.29, 0.717) is 35.7 Å². The predicted octanol–water partition coefficient (Wildman–Crippen LogP) is 3.44. The summed E-state index contributed by atoms with van der Waals surface area (Å²) < 4.78 is 4.93. The van der Waals surface area contributed by atoms with Crippen molar-refractivity contribution >= 4 is 53.1 Å². The maximum Gasteiger partial charge on any atom is 0.188 e. The topological polar surface area (TPSA) is 59.6 Å². The standard InChI is InChI=1S/C14H21Cl2N3O.HI/c1-14(2,9-19-13(17)18-7-8-20-3)12-10(15)5-4-6-11(12)16;/h4-6H,7-9H2,1-3H3,(H3,17,18,19);1H. The number of aliphatic imine (C=N–C) groups is 1. The summed E-state index contributed by atoms with van der Waals surface area (Å²) in [5.41, 5.74) is 6.38. The van der Waals surface area contributed by atoms with Gasteiger partial charge in [0.05, 0.1) is 13.2 Å². The lowest BCUT2D eigenvalue weighted by atomic mass is 9.84. The van der Waals surface area contributed by atoms with Gasteiger partial charge in [0, 0.05) is 29.1 Å². The Morgan fingerprint density at radius 2 is 1.90 bits per heavy atom. The van der Waals surface area contributed by atoms with Crippen LogP contribution in [-0.4, -0.2) is 32.8 Å². The van der Waals surface area contributed by atoms with Crippen molar-refractivity contribution in [1.29, 1.82) is 0 Å². The predicted molar refractivity (Wildman–Crippen MR) is 101 cm³/mol. The SMILES string of the molecule is COCCNC(N)=NCC(C)(C)c1c(Cl)cccc1Cl.I. The minimum absolute atomic E-state index is 0. The van der Waals surface area contributed by atoms with E-state index < -0.39 is 0 Å². The second-order valence-corrected chi connectivity index (χ2v) is 5.92. The van der Waals surface area contributed by atoms with Crippen LogP contribution in [0.5, 0.6) is 0 Å². The molecule has 0 aliphatic rings. The molecule has 0 aliphatic carbocycles. The number of nitrogens with two attached hydrogens (primary N) is 1. The van der Waals surface area contributed by atoms with Gasteiger partial charge in [-0.1, -0.05) is 43.1 Å². The highest BCUT2D eigenvalue weighted by Gasteiger charge is 2.25. The largest absolute Gasteiger partial charge is 0.383 e. The van der Waals surface area contributed by atoms with Crippen LogP contribution in [0.1, 0.15) is 19.4 Å². The van der Waals surface area contributed by atoms with Crippen LogP contribution in [0.15, 0.2) is 23.2 Å². The monoisotopic (exact) mass is 445 g/mol. The average molecular weight is 446 g/mol. The zero-order chi connectivity index (χ0) is 15.2. The van der Waals surface area contributed by atoms with Crippen molar-refractivity contribution in [3.63, 3.8) is 0 Å². The number of rotatable bonds is 6. The third kappa shape index (κ3) is 6.59. The van der Waals surface area contributed by atoms with Gasteiger partial charge in [-0.2, -0.15) is 0 Å². The summed E-state index contributed by atoms with van der Waals surface area (Å²) >= 11 is 12.5. The molecule has 0 heterocycles. The molecule has 1 aromatic carbocycles. The van der Waals surface area contributed by atoms with E-state index in [1.807, 2.05) is 32.0 Å². The van der Waals surface area contributed by atoms with E-state index in [9.17, 15) is 0 Å². The lowest BCUT2D eigenvalue weighted by molar-refractivity contribution is 0.204.